The summed E-state index contributed by atoms with van der Waals surface area (Å²) in [6.07, 6.45) is 0. The molecule has 4 nitrogen and oxygen atoms in total. The van der Waals surface area contributed by atoms with Gasteiger partial charge in [0.1, 0.15) is 11.9 Å². The van der Waals surface area contributed by atoms with E-state index in [9.17, 15) is 14.0 Å². The molecule has 2 rings (SSSR count). The van der Waals surface area contributed by atoms with Crippen molar-refractivity contribution in [2.75, 3.05) is 6.54 Å². The maximum atomic E-state index is 13.8. The van der Waals surface area contributed by atoms with Gasteiger partial charge in [0.2, 0.25) is 5.91 Å². The SMILES string of the molecule is CC(CNC(=O)[C@@H](NC(=O)c1ccccc1F)C(C)C)c1ccccc1. The van der Waals surface area contributed by atoms with Crippen molar-refractivity contribution >= 4 is 11.8 Å². The lowest BCUT2D eigenvalue weighted by atomic mass is 10.00. The first-order valence-corrected chi connectivity index (χ1v) is 8.78. The molecule has 138 valence electrons. The summed E-state index contributed by atoms with van der Waals surface area (Å²) in [6.45, 7) is 6.17. The number of hydrogen-bond acceptors (Lipinski definition) is 2. The lowest BCUT2D eigenvalue weighted by molar-refractivity contribution is -0.124. The molecule has 2 aromatic rings. The number of amides is 2. The molecule has 2 atom stereocenters. The van der Waals surface area contributed by atoms with E-state index in [1.165, 1.54) is 18.2 Å². The Kier molecular flexibility index (Phi) is 6.89. The molecule has 0 aromatic heterocycles. The van der Waals surface area contributed by atoms with Gasteiger partial charge in [-0.05, 0) is 29.5 Å². The first-order valence-electron chi connectivity index (χ1n) is 8.78. The fourth-order valence-electron chi connectivity index (χ4n) is 2.66. The molecule has 2 amide bonds. The van der Waals surface area contributed by atoms with Gasteiger partial charge in [0.05, 0.1) is 5.56 Å². The highest BCUT2D eigenvalue weighted by Crippen LogP contribution is 2.14. The average molecular weight is 356 g/mol. The Morgan fingerprint density at radius 3 is 2.19 bits per heavy atom. The molecule has 26 heavy (non-hydrogen) atoms. The van der Waals surface area contributed by atoms with Crippen LogP contribution in [0.25, 0.3) is 0 Å². The second-order valence-corrected chi connectivity index (χ2v) is 6.73. The molecule has 0 bridgehead atoms. The van der Waals surface area contributed by atoms with E-state index in [0.717, 1.165) is 5.56 Å². The molecule has 0 saturated carbocycles. The Morgan fingerprint density at radius 2 is 1.58 bits per heavy atom. The first-order chi connectivity index (χ1) is 12.4. The predicted octanol–water partition coefficient (Wildman–Crippen LogP) is 3.50. The zero-order valence-corrected chi connectivity index (χ0v) is 15.3. The summed E-state index contributed by atoms with van der Waals surface area (Å²) in [7, 11) is 0. The van der Waals surface area contributed by atoms with Gasteiger partial charge in [-0.15, -0.1) is 0 Å². The second kappa shape index (κ2) is 9.13. The quantitative estimate of drug-likeness (QED) is 0.798. The van der Waals surface area contributed by atoms with E-state index in [1.807, 2.05) is 51.1 Å². The van der Waals surface area contributed by atoms with Gasteiger partial charge in [0, 0.05) is 6.54 Å². The molecule has 0 heterocycles. The molecule has 0 aliphatic carbocycles. The van der Waals surface area contributed by atoms with Crippen LogP contribution in [0, 0.1) is 11.7 Å². The molecular formula is C21H25FN2O2. The molecule has 0 spiro atoms. The van der Waals surface area contributed by atoms with Crippen molar-refractivity contribution in [1.29, 1.82) is 0 Å². The fourth-order valence-corrected chi connectivity index (χ4v) is 2.66. The topological polar surface area (TPSA) is 58.2 Å². The van der Waals surface area contributed by atoms with Crippen LogP contribution in [0.4, 0.5) is 4.39 Å². The molecule has 0 aliphatic rings. The molecule has 0 radical (unpaired) electrons. The number of hydrogen-bond donors (Lipinski definition) is 2. The predicted molar refractivity (Wildman–Crippen MR) is 100 cm³/mol. The number of carbonyl (C=O) groups excluding carboxylic acids is 2. The Bertz CT molecular complexity index is 747. The van der Waals surface area contributed by atoms with Crippen LogP contribution >= 0.6 is 0 Å². The van der Waals surface area contributed by atoms with Gasteiger partial charge in [-0.1, -0.05) is 63.2 Å². The first kappa shape index (κ1) is 19.6. The van der Waals surface area contributed by atoms with E-state index < -0.39 is 17.8 Å². The summed E-state index contributed by atoms with van der Waals surface area (Å²) in [5, 5.41) is 5.53. The van der Waals surface area contributed by atoms with Crippen LogP contribution in [0.1, 0.15) is 42.6 Å². The normalized spacial score (nSPS) is 13.1. The smallest absolute Gasteiger partial charge is 0.254 e. The number of carbonyl (C=O) groups is 2. The van der Waals surface area contributed by atoms with Gasteiger partial charge >= 0.3 is 0 Å². The van der Waals surface area contributed by atoms with Crippen molar-refractivity contribution < 1.29 is 14.0 Å². The summed E-state index contributed by atoms with van der Waals surface area (Å²) in [6, 6.07) is 14.9. The van der Waals surface area contributed by atoms with E-state index in [-0.39, 0.29) is 23.3 Å². The highest BCUT2D eigenvalue weighted by atomic mass is 19.1. The van der Waals surface area contributed by atoms with Crippen LogP contribution in [0.5, 0.6) is 0 Å². The summed E-state index contributed by atoms with van der Waals surface area (Å²) in [4.78, 5) is 24.9. The van der Waals surface area contributed by atoms with Crippen molar-refractivity contribution in [3.63, 3.8) is 0 Å². The van der Waals surface area contributed by atoms with Crippen LogP contribution in [-0.4, -0.2) is 24.4 Å². The van der Waals surface area contributed by atoms with Crippen LogP contribution in [0.15, 0.2) is 54.6 Å². The number of halogens is 1. The van der Waals surface area contributed by atoms with E-state index in [4.69, 9.17) is 0 Å². The zero-order valence-electron chi connectivity index (χ0n) is 15.3. The summed E-state index contributed by atoms with van der Waals surface area (Å²) < 4.78 is 13.8. The van der Waals surface area contributed by atoms with E-state index in [1.54, 1.807) is 6.07 Å². The van der Waals surface area contributed by atoms with Gasteiger partial charge in [0.25, 0.3) is 5.91 Å². The molecule has 0 aliphatic heterocycles. The van der Waals surface area contributed by atoms with Crippen LogP contribution in [0.2, 0.25) is 0 Å². The molecule has 0 fully saturated rings. The molecule has 2 N–H and O–H groups in total. The van der Waals surface area contributed by atoms with Crippen molar-refractivity contribution in [3.05, 3.63) is 71.5 Å². The van der Waals surface area contributed by atoms with Gasteiger partial charge in [-0.3, -0.25) is 9.59 Å². The largest absolute Gasteiger partial charge is 0.354 e. The van der Waals surface area contributed by atoms with Gasteiger partial charge in [-0.25, -0.2) is 4.39 Å². The third-order valence-electron chi connectivity index (χ3n) is 4.31. The maximum absolute atomic E-state index is 13.8. The lowest BCUT2D eigenvalue weighted by Crippen LogP contribution is -2.50. The van der Waals surface area contributed by atoms with Crippen molar-refractivity contribution in [2.24, 2.45) is 5.92 Å². The fraction of sp³-hybridized carbons (Fsp3) is 0.333. The molecule has 0 saturated heterocycles. The maximum Gasteiger partial charge on any atom is 0.254 e. The standard InChI is InChI=1S/C21H25FN2O2/c1-14(2)19(24-20(25)17-11-7-8-12-18(17)22)21(26)23-13-15(3)16-9-5-4-6-10-16/h4-12,14-15,19H,13H2,1-3H3,(H,23,26)(H,24,25)/t15?,19-/m0/s1. The van der Waals surface area contributed by atoms with Gasteiger partial charge in [0.15, 0.2) is 0 Å². The van der Waals surface area contributed by atoms with Crippen molar-refractivity contribution in [3.8, 4) is 0 Å². The minimum atomic E-state index is -0.731. The third-order valence-corrected chi connectivity index (χ3v) is 4.31. The highest BCUT2D eigenvalue weighted by molar-refractivity contribution is 5.97. The van der Waals surface area contributed by atoms with Crippen molar-refractivity contribution in [1.82, 2.24) is 10.6 Å². The Hall–Kier alpha value is -2.69. The summed E-state index contributed by atoms with van der Waals surface area (Å²) in [5.41, 5.74) is 1.06. The molecule has 1 unspecified atom stereocenters. The van der Waals surface area contributed by atoms with Crippen LogP contribution < -0.4 is 10.6 Å². The monoisotopic (exact) mass is 356 g/mol. The minimum absolute atomic E-state index is 0.0661. The summed E-state index contributed by atoms with van der Waals surface area (Å²) >= 11 is 0. The average Bonchev–Trinajstić information content (AvgIpc) is 2.64. The highest BCUT2D eigenvalue weighted by Gasteiger charge is 2.25. The number of benzene rings is 2. The third kappa shape index (κ3) is 5.15. The van der Waals surface area contributed by atoms with Crippen LogP contribution in [-0.2, 0) is 4.79 Å². The van der Waals surface area contributed by atoms with Crippen LogP contribution in [0.3, 0.4) is 0 Å². The van der Waals surface area contributed by atoms with Gasteiger partial charge < -0.3 is 10.6 Å². The Labute approximate surface area is 153 Å². The zero-order chi connectivity index (χ0) is 19.1. The molecule has 5 heteroatoms. The molecule has 2 aromatic carbocycles. The minimum Gasteiger partial charge on any atom is -0.354 e. The Balaban J connectivity index is 1.99. The van der Waals surface area contributed by atoms with Gasteiger partial charge in [-0.2, -0.15) is 0 Å². The number of nitrogens with one attached hydrogen (secondary N) is 2. The van der Waals surface area contributed by atoms with E-state index >= 15 is 0 Å². The van der Waals surface area contributed by atoms with Crippen molar-refractivity contribution in [2.45, 2.75) is 32.7 Å². The Morgan fingerprint density at radius 1 is 0.962 bits per heavy atom. The summed E-state index contributed by atoms with van der Waals surface area (Å²) in [5.74, 6) is -1.45. The lowest BCUT2D eigenvalue weighted by Gasteiger charge is -2.23. The van der Waals surface area contributed by atoms with E-state index in [0.29, 0.717) is 6.54 Å². The second-order valence-electron chi connectivity index (χ2n) is 6.73. The molecular weight excluding hydrogens is 331 g/mol. The van der Waals surface area contributed by atoms with E-state index in [2.05, 4.69) is 10.6 Å². The number of rotatable bonds is 7.